The fourth-order valence-corrected chi connectivity index (χ4v) is 3.50. The zero-order valence-electron chi connectivity index (χ0n) is 12.2. The molecule has 0 saturated carbocycles. The van der Waals surface area contributed by atoms with Crippen LogP contribution in [0.2, 0.25) is 0 Å². The molecule has 0 aliphatic carbocycles. The minimum atomic E-state index is -0.799. The van der Waals surface area contributed by atoms with Crippen molar-refractivity contribution < 1.29 is 18.7 Å². The number of amides is 1. The van der Waals surface area contributed by atoms with Crippen LogP contribution in [0.3, 0.4) is 0 Å². The van der Waals surface area contributed by atoms with Gasteiger partial charge in [-0.2, -0.15) is 0 Å². The number of nitrogens with zero attached hydrogens (tertiary/aromatic N) is 1. The number of halogens is 1. The number of fused-ring (bicyclic) bond motifs is 1. The molecule has 1 aromatic carbocycles. The van der Waals surface area contributed by atoms with Crippen LogP contribution in [-0.2, 0) is 9.53 Å². The highest BCUT2D eigenvalue weighted by Crippen LogP contribution is 2.27. The summed E-state index contributed by atoms with van der Waals surface area (Å²) >= 11 is 1.23. The second-order valence-electron chi connectivity index (χ2n) is 5.37. The molecule has 1 amide bonds. The van der Waals surface area contributed by atoms with Crippen LogP contribution in [0, 0.1) is 5.82 Å². The van der Waals surface area contributed by atoms with Gasteiger partial charge in [-0.15, -0.1) is 11.3 Å². The molecule has 4 nitrogen and oxygen atoms in total. The molecule has 0 spiro atoms. The van der Waals surface area contributed by atoms with E-state index in [4.69, 9.17) is 4.74 Å². The zero-order valence-corrected chi connectivity index (χ0v) is 13.0. The molecule has 2 heterocycles. The number of rotatable bonds is 3. The van der Waals surface area contributed by atoms with Gasteiger partial charge in [-0.1, -0.05) is 0 Å². The minimum absolute atomic E-state index is 0.155. The maximum Gasteiger partial charge on any atom is 0.349 e. The summed E-state index contributed by atoms with van der Waals surface area (Å²) in [7, 11) is 0. The molecule has 1 aliphatic heterocycles. The van der Waals surface area contributed by atoms with Crippen LogP contribution in [0.1, 0.15) is 29.4 Å². The maximum atomic E-state index is 13.2. The average molecular weight is 321 g/mol. The highest BCUT2D eigenvalue weighted by molar-refractivity contribution is 7.20. The number of carbonyl (C=O) groups excluding carboxylic acids is 2. The molecule has 0 unspecified atom stereocenters. The Hall–Kier alpha value is -1.95. The van der Waals surface area contributed by atoms with Crippen LogP contribution in [0.25, 0.3) is 10.1 Å². The predicted molar refractivity (Wildman–Crippen MR) is 82.5 cm³/mol. The van der Waals surface area contributed by atoms with Crippen molar-refractivity contribution >= 4 is 33.3 Å². The number of thiophene rings is 1. The quantitative estimate of drug-likeness (QED) is 0.816. The molecule has 0 N–H and O–H groups in total. The van der Waals surface area contributed by atoms with Gasteiger partial charge in [-0.3, -0.25) is 4.79 Å². The van der Waals surface area contributed by atoms with Crippen LogP contribution in [0.5, 0.6) is 0 Å². The zero-order chi connectivity index (χ0) is 15.7. The fraction of sp³-hybridized carbons (Fsp3) is 0.375. The fourth-order valence-electron chi connectivity index (χ4n) is 2.58. The van der Waals surface area contributed by atoms with Gasteiger partial charge < -0.3 is 9.64 Å². The first-order valence-corrected chi connectivity index (χ1v) is 8.05. The monoisotopic (exact) mass is 321 g/mol. The molecule has 1 atom stereocenters. The minimum Gasteiger partial charge on any atom is -0.448 e. The van der Waals surface area contributed by atoms with Crippen LogP contribution in [0.15, 0.2) is 24.3 Å². The number of benzene rings is 1. The summed E-state index contributed by atoms with van der Waals surface area (Å²) in [6.07, 6.45) is 1.19. The standard InChI is InChI=1S/C16H16FNO3S/c1-10(15(19)18-6-2-3-7-18)21-16(20)14-9-11-8-12(17)4-5-13(11)22-14/h4-5,8-10H,2-3,6-7H2,1H3/t10-/m0/s1. The third-order valence-electron chi connectivity index (χ3n) is 3.73. The van der Waals surface area contributed by atoms with Crippen molar-refractivity contribution in [3.8, 4) is 0 Å². The third-order valence-corrected chi connectivity index (χ3v) is 4.82. The van der Waals surface area contributed by atoms with E-state index in [2.05, 4.69) is 0 Å². The number of ether oxygens (including phenoxy) is 1. The molecule has 2 aromatic rings. The average Bonchev–Trinajstić information content (AvgIpc) is 3.14. The second kappa shape index (κ2) is 6.04. The summed E-state index contributed by atoms with van der Waals surface area (Å²) in [6.45, 7) is 3.04. The van der Waals surface area contributed by atoms with Gasteiger partial charge in [-0.25, -0.2) is 9.18 Å². The first-order valence-electron chi connectivity index (χ1n) is 7.23. The first kappa shape index (κ1) is 15.0. The molecule has 0 bridgehead atoms. The van der Waals surface area contributed by atoms with Crippen LogP contribution >= 0.6 is 11.3 Å². The Morgan fingerprint density at radius 2 is 2.00 bits per heavy atom. The van der Waals surface area contributed by atoms with E-state index >= 15 is 0 Å². The van der Waals surface area contributed by atoms with E-state index < -0.39 is 12.1 Å². The normalized spacial score (nSPS) is 16.0. The summed E-state index contributed by atoms with van der Waals surface area (Å²) in [5.41, 5.74) is 0. The lowest BCUT2D eigenvalue weighted by Gasteiger charge is -2.20. The van der Waals surface area contributed by atoms with E-state index in [0.717, 1.165) is 30.6 Å². The van der Waals surface area contributed by atoms with Crippen molar-refractivity contribution in [2.24, 2.45) is 0 Å². The SMILES string of the molecule is C[C@H](OC(=O)c1cc2cc(F)ccc2s1)C(=O)N1CCCC1. The summed E-state index contributed by atoms with van der Waals surface area (Å²) in [6, 6.07) is 5.96. The van der Waals surface area contributed by atoms with E-state index in [9.17, 15) is 14.0 Å². The van der Waals surface area contributed by atoms with E-state index in [0.29, 0.717) is 10.3 Å². The number of hydrogen-bond donors (Lipinski definition) is 0. The molecule has 0 radical (unpaired) electrons. The summed E-state index contributed by atoms with van der Waals surface area (Å²) in [5, 5.41) is 0.662. The molecule has 3 rings (SSSR count). The van der Waals surface area contributed by atoms with Gasteiger partial charge in [-0.05, 0) is 49.4 Å². The molecule has 6 heteroatoms. The maximum absolute atomic E-state index is 13.2. The van der Waals surface area contributed by atoms with Crippen molar-refractivity contribution in [1.82, 2.24) is 4.90 Å². The molecule has 1 fully saturated rings. The van der Waals surface area contributed by atoms with Crippen molar-refractivity contribution in [2.45, 2.75) is 25.9 Å². The Morgan fingerprint density at radius 1 is 1.27 bits per heavy atom. The molecule has 1 aromatic heterocycles. The van der Waals surface area contributed by atoms with Gasteiger partial charge in [0.2, 0.25) is 0 Å². The second-order valence-corrected chi connectivity index (χ2v) is 6.46. The van der Waals surface area contributed by atoms with Gasteiger partial charge in [0.1, 0.15) is 10.7 Å². The topological polar surface area (TPSA) is 46.6 Å². The smallest absolute Gasteiger partial charge is 0.349 e. The highest BCUT2D eigenvalue weighted by Gasteiger charge is 2.26. The van der Waals surface area contributed by atoms with Crippen molar-refractivity contribution in [2.75, 3.05) is 13.1 Å². The number of likely N-dealkylation sites (tertiary alicyclic amines) is 1. The Balaban J connectivity index is 1.70. The molecular formula is C16H16FNO3S. The van der Waals surface area contributed by atoms with E-state index in [-0.39, 0.29) is 11.7 Å². The number of esters is 1. The largest absolute Gasteiger partial charge is 0.448 e. The molecule has 22 heavy (non-hydrogen) atoms. The van der Waals surface area contributed by atoms with Gasteiger partial charge >= 0.3 is 5.97 Å². The van der Waals surface area contributed by atoms with E-state index in [1.807, 2.05) is 0 Å². The molecular weight excluding hydrogens is 305 g/mol. The van der Waals surface area contributed by atoms with Crippen molar-refractivity contribution in [1.29, 1.82) is 0 Å². The third kappa shape index (κ3) is 2.97. The molecule has 1 saturated heterocycles. The Labute approximate surface area is 131 Å². The van der Waals surface area contributed by atoms with Gasteiger partial charge in [0, 0.05) is 17.8 Å². The predicted octanol–water partition coefficient (Wildman–Crippen LogP) is 3.21. The number of hydrogen-bond acceptors (Lipinski definition) is 4. The summed E-state index contributed by atoms with van der Waals surface area (Å²) < 4.78 is 19.2. The van der Waals surface area contributed by atoms with Gasteiger partial charge in [0.15, 0.2) is 6.10 Å². The van der Waals surface area contributed by atoms with Crippen LogP contribution < -0.4 is 0 Å². The van der Waals surface area contributed by atoms with E-state index in [1.165, 1.54) is 23.5 Å². The van der Waals surface area contributed by atoms with Crippen LogP contribution in [0.4, 0.5) is 4.39 Å². The Kier molecular flexibility index (Phi) is 4.11. The number of carbonyl (C=O) groups is 2. The van der Waals surface area contributed by atoms with Crippen LogP contribution in [-0.4, -0.2) is 36.0 Å². The molecule has 1 aliphatic rings. The van der Waals surface area contributed by atoms with Crippen molar-refractivity contribution in [3.05, 3.63) is 35.0 Å². The van der Waals surface area contributed by atoms with Crippen molar-refractivity contribution in [3.63, 3.8) is 0 Å². The van der Waals surface area contributed by atoms with Gasteiger partial charge in [0.05, 0.1) is 0 Å². The van der Waals surface area contributed by atoms with Gasteiger partial charge in [0.25, 0.3) is 5.91 Å². The lowest BCUT2D eigenvalue weighted by molar-refractivity contribution is -0.138. The lowest BCUT2D eigenvalue weighted by atomic mass is 10.2. The lowest BCUT2D eigenvalue weighted by Crippen LogP contribution is -2.38. The van der Waals surface area contributed by atoms with E-state index in [1.54, 1.807) is 24.0 Å². The summed E-state index contributed by atoms with van der Waals surface area (Å²) in [5.74, 6) is -1.04. The first-order chi connectivity index (χ1) is 10.5. The summed E-state index contributed by atoms with van der Waals surface area (Å²) in [4.78, 5) is 26.4. The Morgan fingerprint density at radius 3 is 2.73 bits per heavy atom. The highest BCUT2D eigenvalue weighted by atomic mass is 32.1. The Bertz CT molecular complexity index is 721. The molecule has 116 valence electrons.